The summed E-state index contributed by atoms with van der Waals surface area (Å²) in [5.74, 6) is 0. The molecule has 2 rings (SSSR count). The molecule has 3 heteroatoms. The van der Waals surface area contributed by atoms with Crippen molar-refractivity contribution in [1.82, 2.24) is 0 Å². The smallest absolute Gasteiger partial charge is 0.0930 e. The number of benzene rings is 1. The molecule has 1 aromatic heterocycles. The molecule has 1 heterocycles. The third kappa shape index (κ3) is 2.74. The zero-order valence-corrected chi connectivity index (χ0v) is 13.1. The molecule has 1 atom stereocenters. The number of halogens is 2. The average Bonchev–Trinajstić information content (AvgIpc) is 2.81. The van der Waals surface area contributed by atoms with E-state index in [1.54, 1.807) is 11.3 Å². The minimum atomic E-state index is -0.0775. The van der Waals surface area contributed by atoms with Gasteiger partial charge in [-0.3, -0.25) is 0 Å². The maximum Gasteiger partial charge on any atom is 0.0930 e. The first-order valence-corrected chi connectivity index (χ1v) is 7.65. The molecule has 18 heavy (non-hydrogen) atoms. The highest BCUT2D eigenvalue weighted by atomic mass is 35.5. The third-order valence-corrected chi connectivity index (χ3v) is 5.40. The maximum absolute atomic E-state index is 6.60. The molecule has 0 amide bonds. The van der Waals surface area contributed by atoms with Gasteiger partial charge in [0, 0.05) is 14.8 Å². The fourth-order valence-electron chi connectivity index (χ4n) is 1.95. The van der Waals surface area contributed by atoms with Gasteiger partial charge in [0.25, 0.3) is 0 Å². The lowest BCUT2D eigenvalue weighted by Crippen LogP contribution is -1.95. The van der Waals surface area contributed by atoms with Gasteiger partial charge in [-0.2, -0.15) is 0 Å². The summed E-state index contributed by atoms with van der Waals surface area (Å²) in [6, 6.07) is 8.38. The van der Waals surface area contributed by atoms with Crippen LogP contribution in [0.25, 0.3) is 0 Å². The Morgan fingerprint density at radius 2 is 1.89 bits per heavy atom. The molecule has 0 N–H and O–H groups in total. The number of thiophene rings is 1. The fourth-order valence-corrected chi connectivity index (χ4v) is 3.56. The summed E-state index contributed by atoms with van der Waals surface area (Å²) >= 11 is 14.5. The van der Waals surface area contributed by atoms with Crippen molar-refractivity contribution < 1.29 is 0 Å². The Hall–Kier alpha value is -0.500. The van der Waals surface area contributed by atoms with E-state index in [0.29, 0.717) is 0 Å². The van der Waals surface area contributed by atoms with Crippen LogP contribution in [0.1, 0.15) is 38.7 Å². The molecule has 2 aromatic rings. The summed E-state index contributed by atoms with van der Waals surface area (Å²) in [5, 5.41) is 0.729. The monoisotopic (exact) mass is 298 g/mol. The molecule has 0 saturated heterocycles. The van der Waals surface area contributed by atoms with Crippen molar-refractivity contribution in [3.05, 3.63) is 55.7 Å². The Morgan fingerprint density at radius 3 is 2.50 bits per heavy atom. The van der Waals surface area contributed by atoms with Crippen molar-refractivity contribution in [1.29, 1.82) is 0 Å². The molecule has 96 valence electrons. The van der Waals surface area contributed by atoms with E-state index < -0.39 is 0 Å². The molecule has 0 radical (unpaired) electrons. The van der Waals surface area contributed by atoms with Gasteiger partial charge in [-0.05, 0) is 55.2 Å². The molecular formula is C15H16Cl2S. The van der Waals surface area contributed by atoms with Crippen LogP contribution in [0.3, 0.4) is 0 Å². The quantitative estimate of drug-likeness (QED) is 0.618. The van der Waals surface area contributed by atoms with Crippen LogP contribution < -0.4 is 0 Å². The molecule has 1 unspecified atom stereocenters. The van der Waals surface area contributed by atoms with Crippen molar-refractivity contribution in [3.8, 4) is 0 Å². The average molecular weight is 299 g/mol. The van der Waals surface area contributed by atoms with Crippen LogP contribution in [-0.2, 0) is 6.42 Å². The van der Waals surface area contributed by atoms with Crippen molar-refractivity contribution in [2.75, 3.05) is 0 Å². The molecule has 0 aliphatic rings. The first kappa shape index (κ1) is 13.9. The first-order chi connectivity index (χ1) is 8.52. The van der Waals surface area contributed by atoms with Crippen LogP contribution in [0.2, 0.25) is 5.02 Å². The van der Waals surface area contributed by atoms with Crippen LogP contribution in [0.5, 0.6) is 0 Å². The number of hydrogen-bond donors (Lipinski definition) is 0. The van der Waals surface area contributed by atoms with Gasteiger partial charge in [0.15, 0.2) is 0 Å². The molecule has 0 bridgehead atoms. The van der Waals surface area contributed by atoms with Gasteiger partial charge in [0.2, 0.25) is 0 Å². The highest BCUT2D eigenvalue weighted by Crippen LogP contribution is 2.37. The topological polar surface area (TPSA) is 0 Å². The van der Waals surface area contributed by atoms with E-state index in [2.05, 4.69) is 32.0 Å². The number of hydrogen-bond acceptors (Lipinski definition) is 1. The second-order valence-corrected chi connectivity index (χ2v) is 6.52. The molecule has 0 aliphatic heterocycles. The Labute approximate surface area is 123 Å². The largest absolute Gasteiger partial charge is 0.143 e. The SMILES string of the molecule is CCc1ccc(C(Cl)c2cc(C)c(Cl)cc2C)s1. The van der Waals surface area contributed by atoms with Gasteiger partial charge < -0.3 is 0 Å². The molecule has 0 saturated carbocycles. The summed E-state index contributed by atoms with van der Waals surface area (Å²) in [4.78, 5) is 2.58. The van der Waals surface area contributed by atoms with E-state index in [4.69, 9.17) is 23.2 Å². The fraction of sp³-hybridized carbons (Fsp3) is 0.333. The van der Waals surface area contributed by atoms with Gasteiger partial charge >= 0.3 is 0 Å². The summed E-state index contributed by atoms with van der Waals surface area (Å²) in [5.41, 5.74) is 3.38. The van der Waals surface area contributed by atoms with Crippen molar-refractivity contribution >= 4 is 34.5 Å². The van der Waals surface area contributed by atoms with Crippen LogP contribution in [-0.4, -0.2) is 0 Å². The lowest BCUT2D eigenvalue weighted by molar-refractivity contribution is 1.13. The predicted molar refractivity (Wildman–Crippen MR) is 82.3 cm³/mol. The van der Waals surface area contributed by atoms with Crippen LogP contribution in [0.15, 0.2) is 24.3 Å². The second-order valence-electron chi connectivity index (χ2n) is 4.48. The Bertz CT molecular complexity index is 558. The molecule has 0 fully saturated rings. The van der Waals surface area contributed by atoms with E-state index in [1.807, 2.05) is 13.0 Å². The Kier molecular flexibility index (Phi) is 4.37. The summed E-state index contributed by atoms with van der Waals surface area (Å²) in [6.07, 6.45) is 1.06. The minimum absolute atomic E-state index is 0.0775. The predicted octanol–water partition coefficient (Wildman–Crippen LogP) is 5.91. The second kappa shape index (κ2) is 5.64. The van der Waals surface area contributed by atoms with Crippen molar-refractivity contribution in [3.63, 3.8) is 0 Å². The number of rotatable bonds is 3. The summed E-state index contributed by atoms with van der Waals surface area (Å²) in [7, 11) is 0. The van der Waals surface area contributed by atoms with Gasteiger partial charge in [0.05, 0.1) is 5.38 Å². The summed E-state index contributed by atoms with van der Waals surface area (Å²) in [6.45, 7) is 6.24. The highest BCUT2D eigenvalue weighted by Gasteiger charge is 2.16. The van der Waals surface area contributed by atoms with Crippen LogP contribution in [0, 0.1) is 13.8 Å². The Morgan fingerprint density at radius 1 is 1.17 bits per heavy atom. The minimum Gasteiger partial charge on any atom is -0.143 e. The van der Waals surface area contributed by atoms with Crippen molar-refractivity contribution in [2.45, 2.75) is 32.6 Å². The number of alkyl halides is 1. The molecular weight excluding hydrogens is 283 g/mol. The lowest BCUT2D eigenvalue weighted by atomic mass is 10.0. The van der Waals surface area contributed by atoms with E-state index >= 15 is 0 Å². The van der Waals surface area contributed by atoms with Crippen LogP contribution >= 0.6 is 34.5 Å². The zero-order chi connectivity index (χ0) is 13.3. The lowest BCUT2D eigenvalue weighted by Gasteiger charge is -2.13. The van der Waals surface area contributed by atoms with E-state index in [-0.39, 0.29) is 5.38 Å². The number of aryl methyl sites for hydroxylation is 3. The third-order valence-electron chi connectivity index (χ3n) is 3.10. The van der Waals surface area contributed by atoms with Gasteiger partial charge in [0.1, 0.15) is 0 Å². The standard InChI is InChI=1S/C15H16Cl2S/c1-4-11-5-6-14(18-11)15(17)12-7-10(3)13(16)8-9(12)2/h5-8,15H,4H2,1-3H3. The summed E-state index contributed by atoms with van der Waals surface area (Å²) < 4.78 is 0. The first-order valence-electron chi connectivity index (χ1n) is 6.02. The molecule has 0 spiro atoms. The van der Waals surface area contributed by atoms with E-state index in [1.165, 1.54) is 9.75 Å². The van der Waals surface area contributed by atoms with E-state index in [9.17, 15) is 0 Å². The van der Waals surface area contributed by atoms with Gasteiger partial charge in [-0.25, -0.2) is 0 Å². The normalized spacial score (nSPS) is 12.7. The highest BCUT2D eigenvalue weighted by molar-refractivity contribution is 7.12. The van der Waals surface area contributed by atoms with Crippen molar-refractivity contribution in [2.24, 2.45) is 0 Å². The van der Waals surface area contributed by atoms with Gasteiger partial charge in [-0.15, -0.1) is 22.9 Å². The molecule has 1 aromatic carbocycles. The molecule has 0 nitrogen and oxygen atoms in total. The van der Waals surface area contributed by atoms with E-state index in [0.717, 1.165) is 28.1 Å². The zero-order valence-electron chi connectivity index (χ0n) is 10.8. The van der Waals surface area contributed by atoms with Gasteiger partial charge in [-0.1, -0.05) is 24.6 Å². The Balaban J connectivity index is 2.39. The maximum atomic E-state index is 6.60. The van der Waals surface area contributed by atoms with Crippen LogP contribution in [0.4, 0.5) is 0 Å². The molecule has 0 aliphatic carbocycles.